The number of hydrogen-bond acceptors (Lipinski definition) is 4. The Morgan fingerprint density at radius 1 is 1.40 bits per heavy atom. The van der Waals surface area contributed by atoms with E-state index in [1.54, 1.807) is 0 Å². The van der Waals surface area contributed by atoms with Gasteiger partial charge in [0.25, 0.3) is 0 Å². The molecule has 0 bridgehead atoms. The molecule has 1 amide bonds. The number of sulfone groups is 1. The second kappa shape index (κ2) is 6.29. The van der Waals surface area contributed by atoms with E-state index in [0.717, 1.165) is 12.1 Å². The van der Waals surface area contributed by atoms with Crippen molar-refractivity contribution in [2.45, 2.75) is 4.90 Å². The molecule has 8 heteroatoms. The molecule has 1 aromatic rings. The summed E-state index contributed by atoms with van der Waals surface area (Å²) in [5.41, 5.74) is -0.377. The number of carbonyl (C=O) groups excluding carboxylic acids is 1. The van der Waals surface area contributed by atoms with Crippen molar-refractivity contribution in [2.75, 3.05) is 12.3 Å². The number of carboxylic acids is 1. The molecule has 0 heterocycles. The van der Waals surface area contributed by atoms with E-state index in [-0.39, 0.29) is 12.1 Å². The van der Waals surface area contributed by atoms with Crippen molar-refractivity contribution >= 4 is 21.7 Å². The van der Waals surface area contributed by atoms with Crippen molar-refractivity contribution in [2.24, 2.45) is 0 Å². The Kier molecular flexibility index (Phi) is 4.98. The predicted molar refractivity (Wildman–Crippen MR) is 68.6 cm³/mol. The number of hydrogen-bond donors (Lipinski definition) is 2. The fourth-order valence-electron chi connectivity index (χ4n) is 1.37. The first-order valence-electron chi connectivity index (χ1n) is 5.41. The van der Waals surface area contributed by atoms with Gasteiger partial charge in [0.2, 0.25) is 5.91 Å². The molecule has 0 unspecified atom stereocenters. The van der Waals surface area contributed by atoms with Gasteiger partial charge in [0.15, 0.2) is 9.84 Å². The third-order valence-electron chi connectivity index (χ3n) is 2.28. The van der Waals surface area contributed by atoms with E-state index < -0.39 is 38.2 Å². The Balaban J connectivity index is 3.01. The molecule has 6 nitrogen and oxygen atoms in total. The van der Waals surface area contributed by atoms with Crippen LogP contribution in [0.15, 0.2) is 35.7 Å². The average molecular weight is 301 g/mol. The highest BCUT2D eigenvalue weighted by atomic mass is 32.2. The third kappa shape index (κ3) is 3.89. The van der Waals surface area contributed by atoms with Gasteiger partial charge in [-0.3, -0.25) is 4.79 Å². The highest BCUT2D eigenvalue weighted by Gasteiger charge is 2.23. The molecule has 108 valence electrons. The Hall–Kier alpha value is -2.22. The molecule has 0 spiro atoms. The van der Waals surface area contributed by atoms with Gasteiger partial charge in [-0.2, -0.15) is 0 Å². The minimum Gasteiger partial charge on any atom is -0.478 e. The summed E-state index contributed by atoms with van der Waals surface area (Å²) in [7, 11) is -4.18. The van der Waals surface area contributed by atoms with Crippen LogP contribution < -0.4 is 5.32 Å². The smallest absolute Gasteiger partial charge is 0.335 e. The van der Waals surface area contributed by atoms with E-state index in [1.165, 1.54) is 6.08 Å². The average Bonchev–Trinajstić information content (AvgIpc) is 2.35. The zero-order valence-electron chi connectivity index (χ0n) is 10.3. The number of rotatable bonds is 6. The predicted octanol–water partition coefficient (Wildman–Crippen LogP) is 0.600. The number of nitrogens with one attached hydrogen (secondary N) is 1. The van der Waals surface area contributed by atoms with Crippen LogP contribution in [0, 0.1) is 5.82 Å². The van der Waals surface area contributed by atoms with Gasteiger partial charge in [-0.25, -0.2) is 17.6 Å². The van der Waals surface area contributed by atoms with Crippen molar-refractivity contribution in [3.05, 3.63) is 42.2 Å². The molecule has 0 aromatic heterocycles. The van der Waals surface area contributed by atoms with Crippen molar-refractivity contribution in [1.29, 1.82) is 0 Å². The number of halogens is 1. The molecule has 0 aliphatic heterocycles. The minimum atomic E-state index is -4.18. The van der Waals surface area contributed by atoms with E-state index in [4.69, 9.17) is 5.11 Å². The SMILES string of the molecule is C=CCNC(=O)CS(=O)(=O)c1ccc(C(=O)O)cc1F. The Bertz CT molecular complexity index is 654. The largest absolute Gasteiger partial charge is 0.478 e. The van der Waals surface area contributed by atoms with Gasteiger partial charge < -0.3 is 10.4 Å². The minimum absolute atomic E-state index is 0.0921. The van der Waals surface area contributed by atoms with Gasteiger partial charge in [0.05, 0.1) is 5.56 Å². The van der Waals surface area contributed by atoms with Crippen LogP contribution in [0.4, 0.5) is 4.39 Å². The van der Waals surface area contributed by atoms with Gasteiger partial charge in [0.1, 0.15) is 16.5 Å². The van der Waals surface area contributed by atoms with Crippen molar-refractivity contribution in [3.8, 4) is 0 Å². The van der Waals surface area contributed by atoms with E-state index >= 15 is 0 Å². The van der Waals surface area contributed by atoms with Crippen LogP contribution in [0.3, 0.4) is 0 Å². The fraction of sp³-hybridized carbons (Fsp3) is 0.167. The number of amides is 1. The Morgan fingerprint density at radius 3 is 2.55 bits per heavy atom. The van der Waals surface area contributed by atoms with Crippen molar-refractivity contribution < 1.29 is 27.5 Å². The Labute approximate surface area is 114 Å². The zero-order chi connectivity index (χ0) is 15.3. The fourth-order valence-corrected chi connectivity index (χ4v) is 2.61. The van der Waals surface area contributed by atoms with Crippen molar-refractivity contribution in [3.63, 3.8) is 0 Å². The summed E-state index contributed by atoms with van der Waals surface area (Å²) in [5, 5.41) is 10.9. The first kappa shape index (κ1) is 15.8. The van der Waals surface area contributed by atoms with Gasteiger partial charge in [-0.1, -0.05) is 6.08 Å². The first-order valence-corrected chi connectivity index (χ1v) is 7.06. The van der Waals surface area contributed by atoms with Crippen LogP contribution in [-0.4, -0.2) is 37.7 Å². The first-order chi connectivity index (χ1) is 9.27. The molecule has 1 aromatic carbocycles. The van der Waals surface area contributed by atoms with Crippen LogP contribution >= 0.6 is 0 Å². The van der Waals surface area contributed by atoms with Crippen LogP contribution in [0.5, 0.6) is 0 Å². The quantitative estimate of drug-likeness (QED) is 0.749. The molecule has 0 atom stereocenters. The Morgan fingerprint density at radius 2 is 2.05 bits per heavy atom. The molecule has 20 heavy (non-hydrogen) atoms. The van der Waals surface area contributed by atoms with Crippen LogP contribution in [0.2, 0.25) is 0 Å². The molecule has 1 rings (SSSR count). The molecule has 0 aliphatic rings. The molecule has 0 saturated carbocycles. The van der Waals surface area contributed by atoms with Crippen LogP contribution in [0.25, 0.3) is 0 Å². The molecular formula is C12H12FNO5S. The maximum Gasteiger partial charge on any atom is 0.335 e. The maximum atomic E-state index is 13.6. The van der Waals surface area contributed by atoms with Crippen molar-refractivity contribution in [1.82, 2.24) is 5.32 Å². The van der Waals surface area contributed by atoms with Crippen LogP contribution in [0.1, 0.15) is 10.4 Å². The lowest BCUT2D eigenvalue weighted by molar-refractivity contribution is -0.118. The third-order valence-corrected chi connectivity index (χ3v) is 3.92. The molecule has 2 N–H and O–H groups in total. The molecule has 0 radical (unpaired) electrons. The summed E-state index contributed by atoms with van der Waals surface area (Å²) in [4.78, 5) is 21.2. The normalized spacial score (nSPS) is 10.8. The summed E-state index contributed by atoms with van der Waals surface area (Å²) in [6, 6.07) is 2.38. The van der Waals surface area contributed by atoms with Gasteiger partial charge in [-0.05, 0) is 18.2 Å². The monoisotopic (exact) mass is 301 g/mol. The van der Waals surface area contributed by atoms with Gasteiger partial charge in [0, 0.05) is 6.54 Å². The lowest BCUT2D eigenvalue weighted by Crippen LogP contribution is -2.30. The molecule has 0 saturated heterocycles. The molecular weight excluding hydrogens is 289 g/mol. The number of aromatic carboxylic acids is 1. The summed E-state index contributed by atoms with van der Waals surface area (Å²) >= 11 is 0. The molecule has 0 aliphatic carbocycles. The lowest BCUT2D eigenvalue weighted by atomic mass is 10.2. The van der Waals surface area contributed by atoms with E-state index in [1.807, 2.05) is 0 Å². The standard InChI is InChI=1S/C12H12FNO5S/c1-2-5-14-11(15)7-20(18,19)10-4-3-8(12(16)17)6-9(10)13/h2-4,6H,1,5,7H2,(H,14,15)(H,16,17). The van der Waals surface area contributed by atoms with Gasteiger partial charge in [-0.15, -0.1) is 6.58 Å². The second-order valence-corrected chi connectivity index (χ2v) is 5.76. The van der Waals surface area contributed by atoms with E-state index in [0.29, 0.717) is 6.07 Å². The van der Waals surface area contributed by atoms with E-state index in [9.17, 15) is 22.4 Å². The number of carbonyl (C=O) groups is 2. The second-order valence-electron chi connectivity index (χ2n) is 3.80. The molecule has 0 fully saturated rings. The summed E-state index contributed by atoms with van der Waals surface area (Å²) in [6.45, 7) is 3.44. The highest BCUT2D eigenvalue weighted by molar-refractivity contribution is 7.92. The lowest BCUT2D eigenvalue weighted by Gasteiger charge is -2.06. The summed E-state index contributed by atoms with van der Waals surface area (Å²) in [6.07, 6.45) is 1.37. The highest BCUT2D eigenvalue weighted by Crippen LogP contribution is 2.17. The zero-order valence-corrected chi connectivity index (χ0v) is 11.1. The van der Waals surface area contributed by atoms with E-state index in [2.05, 4.69) is 11.9 Å². The number of carboxylic acid groups (broad SMARTS) is 1. The van der Waals surface area contributed by atoms with Gasteiger partial charge >= 0.3 is 5.97 Å². The summed E-state index contributed by atoms with van der Waals surface area (Å²) in [5.74, 6) is -4.31. The maximum absolute atomic E-state index is 13.6. The summed E-state index contributed by atoms with van der Waals surface area (Å²) < 4.78 is 37.3. The van der Waals surface area contributed by atoms with Crippen LogP contribution in [-0.2, 0) is 14.6 Å². The topological polar surface area (TPSA) is 101 Å². The number of benzene rings is 1.